The Morgan fingerprint density at radius 3 is 2.60 bits per heavy atom. The lowest BCUT2D eigenvalue weighted by atomic mass is 9.87. The third-order valence-electron chi connectivity index (χ3n) is 3.91. The summed E-state index contributed by atoms with van der Waals surface area (Å²) in [5.74, 6) is 0. The Labute approximate surface area is 124 Å². The van der Waals surface area contributed by atoms with Gasteiger partial charge in [0.1, 0.15) is 0 Å². The molecule has 0 saturated heterocycles. The van der Waals surface area contributed by atoms with Crippen molar-refractivity contribution in [1.82, 2.24) is 9.88 Å². The highest BCUT2D eigenvalue weighted by Gasteiger charge is 2.14. The molecule has 0 atom stereocenters. The van der Waals surface area contributed by atoms with E-state index in [0.717, 1.165) is 31.9 Å². The number of pyridine rings is 1. The van der Waals surface area contributed by atoms with Crippen LogP contribution in [0.25, 0.3) is 0 Å². The normalized spacial score (nSPS) is 12.1. The van der Waals surface area contributed by atoms with Crippen LogP contribution in [0.3, 0.4) is 0 Å². The molecule has 20 heavy (non-hydrogen) atoms. The lowest BCUT2D eigenvalue weighted by Crippen LogP contribution is -2.26. The van der Waals surface area contributed by atoms with Crippen LogP contribution < -0.4 is 5.73 Å². The summed E-state index contributed by atoms with van der Waals surface area (Å²) < 4.78 is 0. The number of hydrogen-bond donors (Lipinski definition) is 1. The Bertz CT molecular complexity index is 388. The zero-order valence-electron chi connectivity index (χ0n) is 13.7. The maximum atomic E-state index is 5.77. The summed E-state index contributed by atoms with van der Waals surface area (Å²) in [4.78, 5) is 7.05. The maximum Gasteiger partial charge on any atom is 0.0547 e. The van der Waals surface area contributed by atoms with Crippen LogP contribution in [0.5, 0.6) is 0 Å². The van der Waals surface area contributed by atoms with E-state index in [1.165, 1.54) is 25.0 Å². The predicted octanol–water partition coefficient (Wildman–Crippen LogP) is 3.37. The molecular weight excluding hydrogens is 246 g/mol. The molecule has 2 N–H and O–H groups in total. The molecule has 3 nitrogen and oxygen atoms in total. The molecule has 1 heterocycles. The van der Waals surface area contributed by atoms with Gasteiger partial charge in [0.2, 0.25) is 0 Å². The van der Waals surface area contributed by atoms with Crippen LogP contribution in [-0.2, 0) is 6.54 Å². The second-order valence-electron chi connectivity index (χ2n) is 6.46. The van der Waals surface area contributed by atoms with Crippen LogP contribution in [0, 0.1) is 12.3 Å². The standard InChI is InChI=1S/C17H31N3/c1-5-20(12-7-6-11-17(3,4)14-18)13-16-10-8-9-15(2)19-16/h8-10H,5-7,11-14,18H2,1-4H3. The van der Waals surface area contributed by atoms with E-state index in [-0.39, 0.29) is 5.41 Å². The number of rotatable bonds is 9. The molecule has 0 aliphatic heterocycles. The fraction of sp³-hybridized carbons (Fsp3) is 0.706. The largest absolute Gasteiger partial charge is 0.330 e. The van der Waals surface area contributed by atoms with Gasteiger partial charge in [0.15, 0.2) is 0 Å². The lowest BCUT2D eigenvalue weighted by Gasteiger charge is -2.24. The average Bonchev–Trinajstić information content (AvgIpc) is 2.42. The molecule has 1 rings (SSSR count). The van der Waals surface area contributed by atoms with Gasteiger partial charge in [0.05, 0.1) is 5.69 Å². The van der Waals surface area contributed by atoms with Crippen molar-refractivity contribution < 1.29 is 0 Å². The Hall–Kier alpha value is -0.930. The summed E-state index contributed by atoms with van der Waals surface area (Å²) in [7, 11) is 0. The Kier molecular flexibility index (Phi) is 7.17. The Morgan fingerprint density at radius 2 is 2.00 bits per heavy atom. The van der Waals surface area contributed by atoms with E-state index in [1.54, 1.807) is 0 Å². The van der Waals surface area contributed by atoms with Gasteiger partial charge in [0.25, 0.3) is 0 Å². The fourth-order valence-electron chi connectivity index (χ4n) is 2.31. The second kappa shape index (κ2) is 8.38. The molecule has 0 aliphatic carbocycles. The first kappa shape index (κ1) is 17.1. The van der Waals surface area contributed by atoms with Gasteiger partial charge in [0, 0.05) is 12.2 Å². The first-order valence-corrected chi connectivity index (χ1v) is 7.82. The van der Waals surface area contributed by atoms with Gasteiger partial charge in [-0.1, -0.05) is 33.3 Å². The monoisotopic (exact) mass is 277 g/mol. The van der Waals surface area contributed by atoms with E-state index in [2.05, 4.69) is 55.8 Å². The molecule has 0 fully saturated rings. The Balaban J connectivity index is 2.33. The van der Waals surface area contributed by atoms with Gasteiger partial charge in [-0.05, 0) is 56.9 Å². The molecule has 1 aromatic heterocycles. The number of nitrogens with two attached hydrogens (primary N) is 1. The molecular formula is C17H31N3. The van der Waals surface area contributed by atoms with E-state index < -0.39 is 0 Å². The van der Waals surface area contributed by atoms with Crippen molar-refractivity contribution in [3.8, 4) is 0 Å². The number of aromatic nitrogens is 1. The summed E-state index contributed by atoms with van der Waals surface area (Å²) in [6.45, 7) is 12.7. The quantitative estimate of drug-likeness (QED) is 0.704. The van der Waals surface area contributed by atoms with Crippen molar-refractivity contribution in [3.05, 3.63) is 29.6 Å². The van der Waals surface area contributed by atoms with Crippen LogP contribution in [0.1, 0.15) is 51.4 Å². The van der Waals surface area contributed by atoms with Gasteiger partial charge in [-0.15, -0.1) is 0 Å². The Morgan fingerprint density at radius 1 is 1.25 bits per heavy atom. The molecule has 114 valence electrons. The fourth-order valence-corrected chi connectivity index (χ4v) is 2.31. The van der Waals surface area contributed by atoms with E-state index in [9.17, 15) is 0 Å². The van der Waals surface area contributed by atoms with Crippen molar-refractivity contribution in [3.63, 3.8) is 0 Å². The average molecular weight is 277 g/mol. The van der Waals surface area contributed by atoms with Crippen LogP contribution in [0.2, 0.25) is 0 Å². The van der Waals surface area contributed by atoms with Gasteiger partial charge < -0.3 is 5.73 Å². The van der Waals surface area contributed by atoms with Crippen molar-refractivity contribution in [1.29, 1.82) is 0 Å². The smallest absolute Gasteiger partial charge is 0.0547 e. The van der Waals surface area contributed by atoms with Gasteiger partial charge >= 0.3 is 0 Å². The minimum Gasteiger partial charge on any atom is -0.330 e. The predicted molar refractivity (Wildman–Crippen MR) is 86.6 cm³/mol. The second-order valence-corrected chi connectivity index (χ2v) is 6.46. The van der Waals surface area contributed by atoms with Crippen molar-refractivity contribution >= 4 is 0 Å². The van der Waals surface area contributed by atoms with E-state index in [1.807, 2.05) is 0 Å². The highest BCUT2D eigenvalue weighted by molar-refractivity contribution is 5.09. The van der Waals surface area contributed by atoms with Crippen molar-refractivity contribution in [2.24, 2.45) is 11.1 Å². The number of nitrogens with zero attached hydrogens (tertiary/aromatic N) is 2. The summed E-state index contributed by atoms with van der Waals surface area (Å²) >= 11 is 0. The zero-order chi connectivity index (χ0) is 15.0. The van der Waals surface area contributed by atoms with Gasteiger partial charge in [-0.2, -0.15) is 0 Å². The molecule has 3 heteroatoms. The molecule has 0 saturated carbocycles. The molecule has 0 aromatic carbocycles. The highest BCUT2D eigenvalue weighted by Crippen LogP contribution is 2.21. The summed E-state index contributed by atoms with van der Waals surface area (Å²) in [5, 5.41) is 0. The van der Waals surface area contributed by atoms with Crippen LogP contribution in [0.4, 0.5) is 0 Å². The number of unbranched alkanes of at least 4 members (excludes halogenated alkanes) is 1. The molecule has 0 bridgehead atoms. The van der Waals surface area contributed by atoms with Gasteiger partial charge in [-0.3, -0.25) is 9.88 Å². The number of hydrogen-bond acceptors (Lipinski definition) is 3. The van der Waals surface area contributed by atoms with E-state index in [4.69, 9.17) is 5.73 Å². The third kappa shape index (κ3) is 6.49. The topological polar surface area (TPSA) is 42.1 Å². The number of aryl methyl sites for hydroxylation is 1. The molecule has 0 aliphatic rings. The minimum absolute atomic E-state index is 0.287. The molecule has 0 radical (unpaired) electrons. The van der Waals surface area contributed by atoms with Crippen LogP contribution >= 0.6 is 0 Å². The molecule has 0 amide bonds. The summed E-state index contributed by atoms with van der Waals surface area (Å²) in [6.07, 6.45) is 3.70. The maximum absolute atomic E-state index is 5.77. The van der Waals surface area contributed by atoms with Gasteiger partial charge in [-0.25, -0.2) is 0 Å². The van der Waals surface area contributed by atoms with Crippen LogP contribution in [-0.4, -0.2) is 29.5 Å². The zero-order valence-corrected chi connectivity index (χ0v) is 13.7. The molecule has 0 spiro atoms. The first-order valence-electron chi connectivity index (χ1n) is 7.82. The summed E-state index contributed by atoms with van der Waals surface area (Å²) in [6, 6.07) is 6.26. The lowest BCUT2D eigenvalue weighted by molar-refractivity contribution is 0.257. The SMILES string of the molecule is CCN(CCCCC(C)(C)CN)Cc1cccc(C)n1. The molecule has 0 unspecified atom stereocenters. The highest BCUT2D eigenvalue weighted by atomic mass is 15.1. The van der Waals surface area contributed by atoms with E-state index >= 15 is 0 Å². The van der Waals surface area contributed by atoms with Crippen molar-refractivity contribution in [2.45, 2.75) is 53.5 Å². The van der Waals surface area contributed by atoms with Crippen molar-refractivity contribution in [2.75, 3.05) is 19.6 Å². The third-order valence-corrected chi connectivity index (χ3v) is 3.91. The van der Waals surface area contributed by atoms with E-state index in [0.29, 0.717) is 0 Å². The summed E-state index contributed by atoms with van der Waals surface area (Å²) in [5.41, 5.74) is 8.33. The minimum atomic E-state index is 0.287. The first-order chi connectivity index (χ1) is 9.46. The van der Waals surface area contributed by atoms with Crippen LogP contribution in [0.15, 0.2) is 18.2 Å². The molecule has 1 aromatic rings.